The van der Waals surface area contributed by atoms with Crippen molar-refractivity contribution in [3.8, 4) is 0 Å². The zero-order chi connectivity index (χ0) is 22.0. The first-order valence-electron chi connectivity index (χ1n) is 10.2. The highest BCUT2D eigenvalue weighted by Gasteiger charge is 2.29. The number of hydrogen-bond donors (Lipinski definition) is 2. The summed E-state index contributed by atoms with van der Waals surface area (Å²) in [4.78, 5) is 44.1. The second-order valence-corrected chi connectivity index (χ2v) is 7.81. The Morgan fingerprint density at radius 2 is 1.97 bits per heavy atom. The highest BCUT2D eigenvalue weighted by atomic mass is 16.6. The Hall–Kier alpha value is -3.75. The number of nitro benzene ring substituents is 1. The van der Waals surface area contributed by atoms with Crippen LogP contribution in [0.25, 0.3) is 10.9 Å². The van der Waals surface area contributed by atoms with Crippen LogP contribution in [0.5, 0.6) is 0 Å². The van der Waals surface area contributed by atoms with E-state index in [2.05, 4.69) is 15.3 Å². The van der Waals surface area contributed by atoms with E-state index in [1.54, 1.807) is 6.07 Å². The van der Waals surface area contributed by atoms with Crippen molar-refractivity contribution < 1.29 is 9.72 Å². The lowest BCUT2D eigenvalue weighted by Gasteiger charge is -2.32. The quantitative estimate of drug-likeness (QED) is 0.483. The Morgan fingerprint density at radius 1 is 1.26 bits per heavy atom. The van der Waals surface area contributed by atoms with E-state index in [0.717, 1.165) is 5.56 Å². The van der Waals surface area contributed by atoms with Crippen LogP contribution < -0.4 is 15.8 Å². The van der Waals surface area contributed by atoms with Crippen molar-refractivity contribution in [1.29, 1.82) is 0 Å². The SMILES string of the molecule is Cc1ccc(CNC(=O)C2CCN(c3cc4nc[nH]c(=O)c4cc3[N+](=O)[O-])CC2)cc1. The Kier molecular flexibility index (Phi) is 5.66. The third kappa shape index (κ3) is 4.40. The van der Waals surface area contributed by atoms with Crippen LogP contribution in [0.4, 0.5) is 11.4 Å². The largest absolute Gasteiger partial charge is 0.366 e. The smallest absolute Gasteiger partial charge is 0.293 e. The van der Waals surface area contributed by atoms with Gasteiger partial charge in [-0.05, 0) is 31.4 Å². The number of anilines is 1. The monoisotopic (exact) mass is 421 g/mol. The average Bonchev–Trinajstić information content (AvgIpc) is 2.78. The lowest BCUT2D eigenvalue weighted by Crippen LogP contribution is -2.40. The Bertz CT molecular complexity index is 1180. The first-order chi connectivity index (χ1) is 14.9. The lowest BCUT2D eigenvalue weighted by molar-refractivity contribution is -0.384. The minimum absolute atomic E-state index is 0.00133. The Balaban J connectivity index is 1.44. The summed E-state index contributed by atoms with van der Waals surface area (Å²) in [5, 5.41) is 14.8. The molecule has 9 nitrogen and oxygen atoms in total. The number of nitrogens with zero attached hydrogens (tertiary/aromatic N) is 3. The zero-order valence-corrected chi connectivity index (χ0v) is 17.1. The topological polar surface area (TPSA) is 121 Å². The van der Waals surface area contributed by atoms with Gasteiger partial charge < -0.3 is 15.2 Å². The third-order valence-corrected chi connectivity index (χ3v) is 5.73. The molecule has 160 valence electrons. The number of hydrogen-bond acceptors (Lipinski definition) is 6. The fourth-order valence-corrected chi connectivity index (χ4v) is 3.91. The van der Waals surface area contributed by atoms with E-state index < -0.39 is 10.5 Å². The predicted octanol–water partition coefficient (Wildman–Crippen LogP) is 2.67. The number of aryl methyl sites for hydroxylation is 1. The molecule has 1 aromatic heterocycles. The Morgan fingerprint density at radius 3 is 2.65 bits per heavy atom. The van der Waals surface area contributed by atoms with Crippen molar-refractivity contribution in [3.63, 3.8) is 0 Å². The number of aromatic amines is 1. The highest BCUT2D eigenvalue weighted by Crippen LogP contribution is 2.34. The van der Waals surface area contributed by atoms with Crippen molar-refractivity contribution in [1.82, 2.24) is 15.3 Å². The van der Waals surface area contributed by atoms with Crippen LogP contribution in [-0.4, -0.2) is 33.9 Å². The summed E-state index contributed by atoms with van der Waals surface area (Å²) in [6, 6.07) is 10.9. The van der Waals surface area contributed by atoms with Gasteiger partial charge in [0.2, 0.25) is 5.91 Å². The molecule has 1 fully saturated rings. The summed E-state index contributed by atoms with van der Waals surface area (Å²) in [6.45, 7) is 3.52. The molecule has 0 aliphatic carbocycles. The van der Waals surface area contributed by atoms with Gasteiger partial charge in [0.15, 0.2) is 0 Å². The van der Waals surface area contributed by atoms with Gasteiger partial charge in [-0.1, -0.05) is 29.8 Å². The lowest BCUT2D eigenvalue weighted by atomic mass is 9.95. The van der Waals surface area contributed by atoms with Crippen molar-refractivity contribution >= 4 is 28.2 Å². The van der Waals surface area contributed by atoms with Crippen molar-refractivity contribution in [3.05, 3.63) is 74.3 Å². The molecule has 0 saturated carbocycles. The molecule has 2 aromatic carbocycles. The minimum Gasteiger partial charge on any atom is -0.366 e. The predicted molar refractivity (Wildman–Crippen MR) is 117 cm³/mol. The summed E-state index contributed by atoms with van der Waals surface area (Å²) >= 11 is 0. The molecule has 0 unspecified atom stereocenters. The van der Waals surface area contributed by atoms with Gasteiger partial charge in [0.05, 0.1) is 22.2 Å². The number of rotatable bonds is 5. The summed E-state index contributed by atoms with van der Waals surface area (Å²) in [5.74, 6) is -0.136. The highest BCUT2D eigenvalue weighted by molar-refractivity contribution is 5.87. The van der Waals surface area contributed by atoms with Gasteiger partial charge in [-0.3, -0.25) is 19.7 Å². The maximum absolute atomic E-state index is 12.6. The number of nitro groups is 1. The molecule has 31 heavy (non-hydrogen) atoms. The molecule has 2 N–H and O–H groups in total. The molecule has 0 atom stereocenters. The molecule has 3 aromatic rings. The molecule has 1 amide bonds. The number of fused-ring (bicyclic) bond motifs is 1. The van der Waals surface area contributed by atoms with E-state index in [1.807, 2.05) is 36.1 Å². The van der Waals surface area contributed by atoms with Gasteiger partial charge in [0.1, 0.15) is 5.69 Å². The standard InChI is InChI=1S/C22H23N5O4/c1-14-2-4-15(5-3-14)12-23-21(28)16-6-8-26(9-7-16)19-11-18-17(10-20(19)27(30)31)22(29)25-13-24-18/h2-5,10-11,13,16H,6-9,12H2,1H3,(H,23,28)(H,24,25,29). The normalized spacial score (nSPS) is 14.5. The van der Waals surface area contributed by atoms with Gasteiger partial charge in [-0.15, -0.1) is 0 Å². The molecule has 9 heteroatoms. The van der Waals surface area contributed by atoms with Crippen LogP contribution in [0.3, 0.4) is 0 Å². The van der Waals surface area contributed by atoms with Crippen molar-refractivity contribution in [2.45, 2.75) is 26.3 Å². The van der Waals surface area contributed by atoms with Gasteiger partial charge in [0.25, 0.3) is 11.2 Å². The molecule has 4 rings (SSSR count). The number of benzene rings is 2. The van der Waals surface area contributed by atoms with Crippen molar-refractivity contribution in [2.75, 3.05) is 18.0 Å². The molecule has 0 radical (unpaired) electrons. The average molecular weight is 421 g/mol. The van der Waals surface area contributed by atoms with Crippen LogP contribution in [0, 0.1) is 23.0 Å². The number of aromatic nitrogens is 2. The third-order valence-electron chi connectivity index (χ3n) is 5.73. The molecule has 0 bridgehead atoms. The summed E-state index contributed by atoms with van der Waals surface area (Å²) in [5.41, 5.74) is 2.50. The van der Waals surface area contributed by atoms with E-state index in [1.165, 1.54) is 18.0 Å². The van der Waals surface area contributed by atoms with Gasteiger partial charge >= 0.3 is 0 Å². The molecule has 0 spiro atoms. The van der Waals surface area contributed by atoms with E-state index in [9.17, 15) is 19.7 Å². The van der Waals surface area contributed by atoms with Crippen molar-refractivity contribution in [2.24, 2.45) is 5.92 Å². The molecule has 1 aliphatic rings. The molecule has 1 aliphatic heterocycles. The maximum atomic E-state index is 12.6. The molecule has 2 heterocycles. The second kappa shape index (κ2) is 8.55. The molecule has 1 saturated heterocycles. The summed E-state index contributed by atoms with van der Waals surface area (Å²) in [7, 11) is 0. The second-order valence-electron chi connectivity index (χ2n) is 7.81. The zero-order valence-electron chi connectivity index (χ0n) is 17.1. The number of amides is 1. The van der Waals surface area contributed by atoms with E-state index in [4.69, 9.17) is 0 Å². The number of nitrogens with one attached hydrogen (secondary N) is 2. The van der Waals surface area contributed by atoms with Gasteiger partial charge in [-0.25, -0.2) is 4.98 Å². The van der Waals surface area contributed by atoms with Crippen LogP contribution >= 0.6 is 0 Å². The number of carbonyl (C=O) groups excluding carboxylic acids is 1. The first kappa shape index (κ1) is 20.5. The summed E-state index contributed by atoms with van der Waals surface area (Å²) < 4.78 is 0. The number of piperidine rings is 1. The van der Waals surface area contributed by atoms with Gasteiger partial charge in [0, 0.05) is 31.6 Å². The number of H-pyrrole nitrogens is 1. The van der Waals surface area contributed by atoms with Crippen LogP contribution in [0.1, 0.15) is 24.0 Å². The van der Waals surface area contributed by atoms with E-state index in [-0.39, 0.29) is 22.9 Å². The molecular formula is C22H23N5O4. The Labute approximate surface area is 178 Å². The minimum atomic E-state index is -0.485. The van der Waals surface area contributed by atoms with E-state index in [0.29, 0.717) is 43.7 Å². The first-order valence-corrected chi connectivity index (χ1v) is 10.2. The summed E-state index contributed by atoms with van der Waals surface area (Å²) in [6.07, 6.45) is 2.47. The molecular weight excluding hydrogens is 398 g/mol. The fraction of sp³-hybridized carbons (Fsp3) is 0.318. The van der Waals surface area contributed by atoms with Crippen LogP contribution in [0.15, 0.2) is 47.5 Å². The van der Waals surface area contributed by atoms with Crippen LogP contribution in [-0.2, 0) is 11.3 Å². The number of carbonyl (C=O) groups is 1. The van der Waals surface area contributed by atoms with Crippen LogP contribution in [0.2, 0.25) is 0 Å². The van der Waals surface area contributed by atoms with Gasteiger partial charge in [-0.2, -0.15) is 0 Å². The van der Waals surface area contributed by atoms with E-state index >= 15 is 0 Å². The fourth-order valence-electron chi connectivity index (χ4n) is 3.91. The maximum Gasteiger partial charge on any atom is 0.293 e.